The van der Waals surface area contributed by atoms with E-state index >= 15 is 0 Å². The molecule has 0 spiro atoms. The van der Waals surface area contributed by atoms with E-state index in [0.29, 0.717) is 5.92 Å². The number of likely N-dealkylation sites (tertiary alicyclic amines) is 1. The number of hydrogen-bond donors (Lipinski definition) is 2. The van der Waals surface area contributed by atoms with Crippen molar-refractivity contribution in [2.24, 2.45) is 10.9 Å². The fourth-order valence-electron chi connectivity index (χ4n) is 3.71. The predicted octanol–water partition coefficient (Wildman–Crippen LogP) is 2.68. The van der Waals surface area contributed by atoms with E-state index in [1.807, 2.05) is 0 Å². The second kappa shape index (κ2) is 11.0. The Morgan fingerprint density at radius 1 is 1.35 bits per heavy atom. The Hall–Kier alpha value is -1.02. The van der Waals surface area contributed by atoms with Gasteiger partial charge >= 0.3 is 0 Å². The second-order valence-electron chi connectivity index (χ2n) is 7.21. The van der Waals surface area contributed by atoms with Crippen LogP contribution in [0.15, 0.2) is 23.2 Å². The van der Waals surface area contributed by atoms with Crippen molar-refractivity contribution in [3.63, 3.8) is 0 Å². The Balaban J connectivity index is 0.00000243. The first-order chi connectivity index (χ1) is 12.2. The quantitative estimate of drug-likeness (QED) is 0.380. The zero-order valence-corrected chi connectivity index (χ0v) is 18.4. The summed E-state index contributed by atoms with van der Waals surface area (Å²) in [5, 5.41) is 6.85. The molecule has 0 aromatic heterocycles. The monoisotopic (exact) mass is 472 g/mol. The predicted molar refractivity (Wildman–Crippen MR) is 119 cm³/mol. The molecule has 2 aliphatic rings. The zero-order valence-electron chi connectivity index (χ0n) is 16.1. The normalized spacial score (nSPS) is 20.1. The van der Waals surface area contributed by atoms with Crippen LogP contribution in [0.3, 0.4) is 0 Å². The minimum atomic E-state index is 0. The molecule has 1 saturated heterocycles. The molecule has 2 aliphatic heterocycles. The topological polar surface area (TPSA) is 48.9 Å². The van der Waals surface area contributed by atoms with E-state index < -0.39 is 0 Å². The largest absolute Gasteiger partial charge is 0.493 e. The average molecular weight is 472 g/mol. The molecule has 0 bridgehead atoms. The summed E-state index contributed by atoms with van der Waals surface area (Å²) in [5.74, 6) is 2.69. The molecule has 0 saturated carbocycles. The molecule has 2 N–H and O–H groups in total. The molecule has 1 unspecified atom stereocenters. The van der Waals surface area contributed by atoms with Crippen molar-refractivity contribution in [2.75, 3.05) is 46.4 Å². The minimum Gasteiger partial charge on any atom is -0.493 e. The lowest BCUT2D eigenvalue weighted by atomic mass is 9.99. The number of nitrogens with one attached hydrogen (secondary N) is 2. The maximum atomic E-state index is 5.58. The van der Waals surface area contributed by atoms with Crippen LogP contribution in [-0.4, -0.2) is 57.2 Å². The van der Waals surface area contributed by atoms with Crippen molar-refractivity contribution in [1.29, 1.82) is 0 Å². The van der Waals surface area contributed by atoms with Crippen LogP contribution in [0.2, 0.25) is 0 Å². The van der Waals surface area contributed by atoms with E-state index in [9.17, 15) is 0 Å². The summed E-state index contributed by atoms with van der Waals surface area (Å²) in [4.78, 5) is 7.23. The average Bonchev–Trinajstić information content (AvgIpc) is 3.07. The molecule has 1 aromatic rings. The van der Waals surface area contributed by atoms with Crippen molar-refractivity contribution in [1.82, 2.24) is 15.5 Å². The van der Waals surface area contributed by atoms with Crippen LogP contribution >= 0.6 is 24.0 Å². The Labute approximate surface area is 175 Å². The molecule has 6 heteroatoms. The molecule has 1 aromatic carbocycles. The number of nitrogens with zero attached hydrogens (tertiary/aromatic N) is 2. The Kier molecular flexibility index (Phi) is 8.98. The van der Waals surface area contributed by atoms with Gasteiger partial charge in [-0.25, -0.2) is 0 Å². The van der Waals surface area contributed by atoms with Crippen LogP contribution in [0.5, 0.6) is 5.75 Å². The number of ether oxygens (including phenoxy) is 1. The third-order valence-electron chi connectivity index (χ3n) is 5.03. The summed E-state index contributed by atoms with van der Waals surface area (Å²) in [7, 11) is 2.21. The number of fused-ring (bicyclic) bond motifs is 1. The number of piperidine rings is 1. The first-order valence-corrected chi connectivity index (χ1v) is 9.70. The molecule has 0 amide bonds. The lowest BCUT2D eigenvalue weighted by Gasteiger charge is -2.28. The highest BCUT2D eigenvalue weighted by Gasteiger charge is 2.16. The zero-order chi connectivity index (χ0) is 17.5. The molecule has 1 atom stereocenters. The van der Waals surface area contributed by atoms with Gasteiger partial charge in [0.15, 0.2) is 5.96 Å². The van der Waals surface area contributed by atoms with Crippen LogP contribution in [0.4, 0.5) is 0 Å². The molecule has 0 radical (unpaired) electrons. The molecule has 5 nitrogen and oxygen atoms in total. The van der Waals surface area contributed by atoms with Crippen molar-refractivity contribution in [3.05, 3.63) is 29.3 Å². The number of guanidine groups is 1. The van der Waals surface area contributed by atoms with E-state index in [1.54, 1.807) is 0 Å². The first kappa shape index (κ1) is 21.3. The number of benzene rings is 1. The molecule has 26 heavy (non-hydrogen) atoms. The molecule has 3 rings (SSSR count). The van der Waals surface area contributed by atoms with E-state index in [1.165, 1.54) is 37.1 Å². The molecule has 2 heterocycles. The van der Waals surface area contributed by atoms with Crippen molar-refractivity contribution in [3.8, 4) is 5.75 Å². The van der Waals surface area contributed by atoms with Gasteiger partial charge in [-0.1, -0.05) is 12.1 Å². The standard InChI is InChI=1S/C20H32N4O.HI/c1-3-21-20(23-14-17-5-4-11-24(2)15-17)22-10-8-16-6-7-19-18(13-16)9-12-25-19;/h6-7,13,17H,3-5,8-12,14-15H2,1-2H3,(H2,21,22,23);1H. The summed E-state index contributed by atoms with van der Waals surface area (Å²) in [6.45, 7) is 8.04. The fourth-order valence-corrected chi connectivity index (χ4v) is 3.71. The summed E-state index contributed by atoms with van der Waals surface area (Å²) >= 11 is 0. The number of rotatable bonds is 6. The Morgan fingerprint density at radius 3 is 3.04 bits per heavy atom. The highest BCUT2D eigenvalue weighted by Crippen LogP contribution is 2.25. The number of halogens is 1. The maximum Gasteiger partial charge on any atom is 0.191 e. The summed E-state index contributed by atoms with van der Waals surface area (Å²) in [6, 6.07) is 6.57. The summed E-state index contributed by atoms with van der Waals surface area (Å²) in [5.41, 5.74) is 2.71. The molecule has 0 aliphatic carbocycles. The van der Waals surface area contributed by atoms with Gasteiger partial charge in [-0.15, -0.1) is 24.0 Å². The van der Waals surface area contributed by atoms with Gasteiger partial charge in [0.2, 0.25) is 0 Å². The van der Waals surface area contributed by atoms with Gasteiger partial charge in [0, 0.05) is 32.6 Å². The smallest absolute Gasteiger partial charge is 0.191 e. The van der Waals surface area contributed by atoms with Crippen LogP contribution in [0.1, 0.15) is 30.9 Å². The number of aliphatic imine (C=N–C) groups is 1. The SMILES string of the molecule is CCNC(=NCC1CCCN(C)C1)NCCc1ccc2c(c1)CCO2.I. The van der Waals surface area contributed by atoms with Gasteiger partial charge < -0.3 is 20.3 Å². The van der Waals surface area contributed by atoms with E-state index in [4.69, 9.17) is 9.73 Å². The summed E-state index contributed by atoms with van der Waals surface area (Å²) < 4.78 is 5.58. The van der Waals surface area contributed by atoms with E-state index in [0.717, 1.165) is 50.8 Å². The van der Waals surface area contributed by atoms with Crippen molar-refractivity contribution < 1.29 is 4.74 Å². The minimum absolute atomic E-state index is 0. The lowest BCUT2D eigenvalue weighted by Crippen LogP contribution is -2.39. The van der Waals surface area contributed by atoms with Gasteiger partial charge in [-0.3, -0.25) is 4.99 Å². The summed E-state index contributed by atoms with van der Waals surface area (Å²) in [6.07, 6.45) is 4.63. The van der Waals surface area contributed by atoms with Gasteiger partial charge in [-0.2, -0.15) is 0 Å². The van der Waals surface area contributed by atoms with Crippen LogP contribution in [0.25, 0.3) is 0 Å². The first-order valence-electron chi connectivity index (χ1n) is 9.70. The van der Waals surface area contributed by atoms with Crippen LogP contribution in [-0.2, 0) is 12.8 Å². The third kappa shape index (κ3) is 6.30. The van der Waals surface area contributed by atoms with Crippen molar-refractivity contribution >= 4 is 29.9 Å². The molecule has 146 valence electrons. The molecular formula is C20H33IN4O. The Morgan fingerprint density at radius 2 is 2.23 bits per heavy atom. The second-order valence-corrected chi connectivity index (χ2v) is 7.21. The van der Waals surface area contributed by atoms with E-state index in [-0.39, 0.29) is 24.0 Å². The van der Waals surface area contributed by atoms with Gasteiger partial charge in [-0.05, 0) is 62.9 Å². The molecular weight excluding hydrogens is 439 g/mol. The molecule has 1 fully saturated rings. The maximum absolute atomic E-state index is 5.58. The number of hydrogen-bond acceptors (Lipinski definition) is 3. The van der Waals surface area contributed by atoms with Gasteiger partial charge in [0.25, 0.3) is 0 Å². The highest BCUT2D eigenvalue weighted by molar-refractivity contribution is 14.0. The van der Waals surface area contributed by atoms with Crippen molar-refractivity contribution in [2.45, 2.75) is 32.6 Å². The fraction of sp³-hybridized carbons (Fsp3) is 0.650. The van der Waals surface area contributed by atoms with Gasteiger partial charge in [0.1, 0.15) is 5.75 Å². The van der Waals surface area contributed by atoms with E-state index in [2.05, 4.69) is 47.7 Å². The van der Waals surface area contributed by atoms with Crippen LogP contribution in [0, 0.1) is 5.92 Å². The Bertz CT molecular complexity index is 593. The highest BCUT2D eigenvalue weighted by atomic mass is 127. The van der Waals surface area contributed by atoms with Crippen LogP contribution < -0.4 is 15.4 Å². The van der Waals surface area contributed by atoms with Gasteiger partial charge in [0.05, 0.1) is 6.61 Å². The third-order valence-corrected chi connectivity index (χ3v) is 5.03. The lowest BCUT2D eigenvalue weighted by molar-refractivity contribution is 0.214.